The maximum Gasteiger partial charge on any atom is 0.267 e. The quantitative estimate of drug-likeness (QED) is 0.684. The van der Waals surface area contributed by atoms with Crippen LogP contribution in [0.15, 0.2) is 48.5 Å². The van der Waals surface area contributed by atoms with Crippen molar-refractivity contribution in [3.63, 3.8) is 0 Å². The van der Waals surface area contributed by atoms with Crippen LogP contribution in [0.1, 0.15) is 9.67 Å². The third kappa shape index (κ3) is 2.24. The number of hydrogen-bond donors (Lipinski definition) is 2. The molecule has 2 aromatic carbocycles. The van der Waals surface area contributed by atoms with E-state index in [-0.39, 0.29) is 11.7 Å². The molecule has 0 atom stereocenters. The number of rotatable bonds is 2. The maximum atomic E-state index is 12.3. The molecule has 3 aromatic rings. The van der Waals surface area contributed by atoms with Crippen molar-refractivity contribution in [2.45, 2.75) is 0 Å². The van der Waals surface area contributed by atoms with Gasteiger partial charge in [0.25, 0.3) is 5.91 Å². The minimum Gasteiger partial charge on any atom is -0.506 e. The molecule has 2 N–H and O–H groups in total. The van der Waals surface area contributed by atoms with Crippen LogP contribution < -0.4 is 5.32 Å². The maximum absolute atomic E-state index is 12.3. The SMILES string of the molecule is O=C(Nc1ccccc1O)c1sc2ccccc2c1Cl. The Morgan fingerprint density at radius 1 is 1.10 bits per heavy atom. The Morgan fingerprint density at radius 2 is 1.80 bits per heavy atom. The van der Waals surface area contributed by atoms with Gasteiger partial charge in [-0.25, -0.2) is 0 Å². The van der Waals surface area contributed by atoms with Crippen LogP contribution in [0, 0.1) is 0 Å². The summed E-state index contributed by atoms with van der Waals surface area (Å²) >= 11 is 7.58. The van der Waals surface area contributed by atoms with Gasteiger partial charge in [-0.3, -0.25) is 4.79 Å². The molecule has 1 heterocycles. The first-order valence-corrected chi connectivity index (χ1v) is 7.12. The Kier molecular flexibility index (Phi) is 3.34. The molecule has 100 valence electrons. The van der Waals surface area contributed by atoms with E-state index in [1.165, 1.54) is 17.4 Å². The predicted octanol–water partition coefficient (Wildman–Crippen LogP) is 4.51. The molecule has 0 aliphatic rings. The Morgan fingerprint density at radius 3 is 2.55 bits per heavy atom. The first-order valence-electron chi connectivity index (χ1n) is 5.93. The largest absolute Gasteiger partial charge is 0.506 e. The number of fused-ring (bicyclic) bond motifs is 1. The van der Waals surface area contributed by atoms with Gasteiger partial charge in [0.1, 0.15) is 10.6 Å². The van der Waals surface area contributed by atoms with Crippen LogP contribution in [0.2, 0.25) is 5.02 Å². The van der Waals surface area contributed by atoms with Crippen molar-refractivity contribution >= 4 is 44.6 Å². The molecule has 3 rings (SSSR count). The van der Waals surface area contributed by atoms with Gasteiger partial charge in [0, 0.05) is 10.1 Å². The van der Waals surface area contributed by atoms with E-state index in [9.17, 15) is 9.90 Å². The number of halogens is 1. The first-order chi connectivity index (χ1) is 9.66. The molecule has 20 heavy (non-hydrogen) atoms. The molecule has 0 unspecified atom stereocenters. The van der Waals surface area contributed by atoms with E-state index in [1.807, 2.05) is 24.3 Å². The standard InChI is InChI=1S/C15H10ClNO2S/c16-13-9-5-1-4-8-12(9)20-14(13)15(19)17-10-6-2-3-7-11(10)18/h1-8,18H,(H,17,19). The number of carbonyl (C=O) groups is 1. The fourth-order valence-electron chi connectivity index (χ4n) is 1.92. The van der Waals surface area contributed by atoms with Crippen LogP contribution in [0.4, 0.5) is 5.69 Å². The normalized spacial score (nSPS) is 10.7. The van der Waals surface area contributed by atoms with E-state index in [0.29, 0.717) is 15.6 Å². The number of benzene rings is 2. The molecule has 0 fully saturated rings. The molecule has 0 saturated heterocycles. The average Bonchev–Trinajstić information content (AvgIpc) is 2.79. The average molecular weight is 304 g/mol. The van der Waals surface area contributed by atoms with Crippen molar-refractivity contribution < 1.29 is 9.90 Å². The monoisotopic (exact) mass is 303 g/mol. The highest BCUT2D eigenvalue weighted by molar-refractivity contribution is 7.21. The van der Waals surface area contributed by atoms with Gasteiger partial charge in [0.05, 0.1) is 10.7 Å². The third-order valence-electron chi connectivity index (χ3n) is 2.89. The van der Waals surface area contributed by atoms with Gasteiger partial charge in [-0.1, -0.05) is 41.9 Å². The predicted molar refractivity (Wildman–Crippen MR) is 82.9 cm³/mol. The van der Waals surface area contributed by atoms with Crippen molar-refractivity contribution in [1.29, 1.82) is 0 Å². The molecule has 1 aromatic heterocycles. The number of nitrogens with one attached hydrogen (secondary N) is 1. The Balaban J connectivity index is 1.97. The van der Waals surface area contributed by atoms with Crippen LogP contribution in [0.5, 0.6) is 5.75 Å². The van der Waals surface area contributed by atoms with Gasteiger partial charge in [-0.2, -0.15) is 0 Å². The highest BCUT2D eigenvalue weighted by atomic mass is 35.5. The summed E-state index contributed by atoms with van der Waals surface area (Å²) in [7, 11) is 0. The van der Waals surface area contributed by atoms with E-state index in [4.69, 9.17) is 11.6 Å². The van der Waals surface area contributed by atoms with Crippen molar-refractivity contribution in [3.8, 4) is 5.75 Å². The van der Waals surface area contributed by atoms with Gasteiger partial charge in [-0.15, -0.1) is 11.3 Å². The number of aromatic hydroxyl groups is 1. The number of thiophene rings is 1. The van der Waals surface area contributed by atoms with E-state index < -0.39 is 0 Å². The van der Waals surface area contributed by atoms with Crippen molar-refractivity contribution in [3.05, 3.63) is 58.4 Å². The lowest BCUT2D eigenvalue weighted by molar-refractivity contribution is 0.103. The first kappa shape index (κ1) is 13.0. The molecule has 0 bridgehead atoms. The summed E-state index contributed by atoms with van der Waals surface area (Å²) in [6.45, 7) is 0. The Bertz CT molecular complexity index is 797. The van der Waals surface area contributed by atoms with E-state index in [2.05, 4.69) is 5.32 Å². The fourth-order valence-corrected chi connectivity index (χ4v) is 3.33. The number of phenolic OH excluding ortho intramolecular Hbond substituents is 1. The summed E-state index contributed by atoms with van der Waals surface area (Å²) in [5, 5.41) is 13.6. The van der Waals surface area contributed by atoms with Crippen LogP contribution in [-0.4, -0.2) is 11.0 Å². The lowest BCUT2D eigenvalue weighted by Crippen LogP contribution is -2.10. The van der Waals surface area contributed by atoms with Crippen molar-refractivity contribution in [2.75, 3.05) is 5.32 Å². The molecule has 3 nitrogen and oxygen atoms in total. The Hall–Kier alpha value is -2.04. The molecule has 0 aliphatic carbocycles. The summed E-state index contributed by atoms with van der Waals surface area (Å²) in [6, 6.07) is 14.2. The highest BCUT2D eigenvalue weighted by Crippen LogP contribution is 2.36. The number of carbonyl (C=O) groups excluding carboxylic acids is 1. The minimum absolute atomic E-state index is 0.0260. The van der Waals surface area contributed by atoms with Crippen LogP contribution in [0.3, 0.4) is 0 Å². The number of hydrogen-bond acceptors (Lipinski definition) is 3. The summed E-state index contributed by atoms with van der Waals surface area (Å²) < 4.78 is 0.958. The summed E-state index contributed by atoms with van der Waals surface area (Å²) in [4.78, 5) is 12.7. The zero-order valence-electron chi connectivity index (χ0n) is 10.3. The van der Waals surface area contributed by atoms with Crippen LogP contribution in [0.25, 0.3) is 10.1 Å². The summed E-state index contributed by atoms with van der Waals surface area (Å²) in [6.07, 6.45) is 0. The lowest BCUT2D eigenvalue weighted by Gasteiger charge is -2.05. The molecular formula is C15H10ClNO2S. The van der Waals surface area contributed by atoms with Gasteiger partial charge < -0.3 is 10.4 Å². The van der Waals surface area contributed by atoms with Crippen LogP contribution >= 0.6 is 22.9 Å². The third-order valence-corrected chi connectivity index (χ3v) is 4.57. The number of anilines is 1. The zero-order valence-corrected chi connectivity index (χ0v) is 11.8. The zero-order chi connectivity index (χ0) is 14.1. The molecular weight excluding hydrogens is 294 g/mol. The summed E-state index contributed by atoms with van der Waals surface area (Å²) in [5.74, 6) is -0.296. The second-order valence-corrected chi connectivity index (χ2v) is 5.64. The molecule has 0 radical (unpaired) electrons. The molecule has 5 heteroatoms. The second-order valence-electron chi connectivity index (χ2n) is 4.21. The van der Waals surface area contributed by atoms with E-state index in [0.717, 1.165) is 10.1 Å². The smallest absolute Gasteiger partial charge is 0.267 e. The van der Waals surface area contributed by atoms with Crippen LogP contribution in [-0.2, 0) is 0 Å². The minimum atomic E-state index is -0.322. The van der Waals surface area contributed by atoms with Crippen molar-refractivity contribution in [1.82, 2.24) is 0 Å². The number of para-hydroxylation sites is 2. The molecule has 0 spiro atoms. The lowest BCUT2D eigenvalue weighted by atomic mass is 10.2. The number of phenols is 1. The van der Waals surface area contributed by atoms with Gasteiger partial charge in [0.2, 0.25) is 0 Å². The van der Waals surface area contributed by atoms with E-state index >= 15 is 0 Å². The summed E-state index contributed by atoms with van der Waals surface area (Å²) in [5.41, 5.74) is 0.367. The van der Waals surface area contributed by atoms with Gasteiger partial charge in [0.15, 0.2) is 0 Å². The van der Waals surface area contributed by atoms with Crippen molar-refractivity contribution in [2.24, 2.45) is 0 Å². The topological polar surface area (TPSA) is 49.3 Å². The number of amides is 1. The Labute approximate surface area is 124 Å². The second kappa shape index (κ2) is 5.15. The van der Waals surface area contributed by atoms with Gasteiger partial charge in [-0.05, 0) is 18.2 Å². The molecule has 0 saturated carbocycles. The molecule has 1 amide bonds. The molecule has 0 aliphatic heterocycles. The highest BCUT2D eigenvalue weighted by Gasteiger charge is 2.17. The van der Waals surface area contributed by atoms with Gasteiger partial charge >= 0.3 is 0 Å². The fraction of sp³-hybridized carbons (Fsp3) is 0. The van der Waals surface area contributed by atoms with E-state index in [1.54, 1.807) is 18.2 Å².